The van der Waals surface area contributed by atoms with Gasteiger partial charge in [-0.3, -0.25) is 0 Å². The fourth-order valence-electron chi connectivity index (χ4n) is 4.17. The van der Waals surface area contributed by atoms with Gasteiger partial charge in [-0.1, -0.05) is 32.9 Å². The topological polar surface area (TPSA) is 76.0 Å². The molecule has 5 rings (SSSR count). The molecule has 0 saturated carbocycles. The summed E-state index contributed by atoms with van der Waals surface area (Å²) >= 11 is 0. The maximum absolute atomic E-state index is 13.0. The van der Waals surface area contributed by atoms with E-state index in [0.717, 1.165) is 11.1 Å². The van der Waals surface area contributed by atoms with Crippen molar-refractivity contribution in [3.63, 3.8) is 0 Å². The number of carbonyl (C=O) groups is 1. The number of esters is 1. The zero-order chi connectivity index (χ0) is 20.6. The molecule has 0 radical (unpaired) electrons. The first kappa shape index (κ1) is 17.6. The third kappa shape index (κ3) is 2.37. The number of carbonyl (C=O) groups excluding carboxylic acids is 1. The highest BCUT2D eigenvalue weighted by molar-refractivity contribution is 5.97. The van der Waals surface area contributed by atoms with Gasteiger partial charge in [0.25, 0.3) is 0 Å². The van der Waals surface area contributed by atoms with E-state index in [4.69, 9.17) is 9.47 Å². The summed E-state index contributed by atoms with van der Waals surface area (Å²) in [6, 6.07) is 15.3. The normalized spacial score (nSPS) is 15.9. The van der Waals surface area contributed by atoms with Gasteiger partial charge in [-0.2, -0.15) is 0 Å². The van der Waals surface area contributed by atoms with Crippen LogP contribution >= 0.6 is 0 Å². The van der Waals surface area contributed by atoms with E-state index in [0.29, 0.717) is 28.2 Å². The van der Waals surface area contributed by atoms with Crippen molar-refractivity contribution >= 4 is 5.97 Å². The molecule has 2 heterocycles. The first-order valence-corrected chi connectivity index (χ1v) is 9.43. The van der Waals surface area contributed by atoms with Gasteiger partial charge < -0.3 is 19.7 Å². The number of phenols is 2. The van der Waals surface area contributed by atoms with Crippen molar-refractivity contribution in [2.45, 2.75) is 31.8 Å². The second kappa shape index (κ2) is 5.54. The molecule has 0 fully saturated rings. The van der Waals surface area contributed by atoms with E-state index in [1.165, 1.54) is 12.1 Å². The summed E-state index contributed by atoms with van der Waals surface area (Å²) in [5.41, 5.74) is 2.21. The number of fused-ring (bicyclic) bond motifs is 6. The highest BCUT2D eigenvalue weighted by Crippen LogP contribution is 2.57. The second-order valence-corrected chi connectivity index (χ2v) is 8.54. The summed E-state index contributed by atoms with van der Waals surface area (Å²) in [6.07, 6.45) is 0. The summed E-state index contributed by atoms with van der Waals surface area (Å²) in [6.45, 7) is 6.28. The van der Waals surface area contributed by atoms with Gasteiger partial charge in [-0.15, -0.1) is 0 Å². The standard InChI is InChI=1S/C24H20O5/c1-23(2,3)13-4-7-17-16(10-13)22(27)29-24(17)18-8-5-14(25)11-20(18)28-21-12-15(26)6-9-19(21)24/h4-12,25-26H,1-3H3. The van der Waals surface area contributed by atoms with Crippen molar-refractivity contribution in [1.82, 2.24) is 0 Å². The van der Waals surface area contributed by atoms with Crippen molar-refractivity contribution in [2.75, 3.05) is 0 Å². The van der Waals surface area contributed by atoms with Gasteiger partial charge >= 0.3 is 5.97 Å². The fourth-order valence-corrected chi connectivity index (χ4v) is 4.17. The quantitative estimate of drug-likeness (QED) is 0.532. The van der Waals surface area contributed by atoms with Crippen molar-refractivity contribution in [3.05, 3.63) is 82.4 Å². The average molecular weight is 388 g/mol. The molecule has 0 aromatic heterocycles. The monoisotopic (exact) mass is 388 g/mol. The molecule has 2 aliphatic heterocycles. The SMILES string of the molecule is CC(C)(C)c1ccc2c(c1)C(=O)OC21c2ccc(O)cc2Oc2cc(O)ccc21. The summed E-state index contributed by atoms with van der Waals surface area (Å²) in [7, 11) is 0. The third-order valence-electron chi connectivity index (χ3n) is 5.64. The Morgan fingerprint density at radius 3 is 1.90 bits per heavy atom. The fraction of sp³-hybridized carbons (Fsp3) is 0.208. The number of aromatic hydroxyl groups is 2. The lowest BCUT2D eigenvalue weighted by atomic mass is 9.76. The molecular weight excluding hydrogens is 368 g/mol. The molecule has 3 aromatic carbocycles. The van der Waals surface area contributed by atoms with E-state index in [2.05, 4.69) is 20.8 Å². The molecule has 0 aliphatic carbocycles. The molecule has 2 N–H and O–H groups in total. The van der Waals surface area contributed by atoms with E-state index in [1.807, 2.05) is 18.2 Å². The number of benzene rings is 3. The molecule has 0 amide bonds. The van der Waals surface area contributed by atoms with Gasteiger partial charge in [0.2, 0.25) is 0 Å². The lowest BCUT2D eigenvalue weighted by Crippen LogP contribution is -2.32. The Kier molecular flexibility index (Phi) is 3.36. The highest BCUT2D eigenvalue weighted by Gasteiger charge is 2.53. The number of hydrogen-bond donors (Lipinski definition) is 2. The number of hydrogen-bond acceptors (Lipinski definition) is 5. The van der Waals surface area contributed by atoms with Crippen LogP contribution in [0.3, 0.4) is 0 Å². The zero-order valence-corrected chi connectivity index (χ0v) is 16.3. The van der Waals surface area contributed by atoms with E-state index < -0.39 is 11.6 Å². The molecule has 5 nitrogen and oxygen atoms in total. The Balaban J connectivity index is 1.84. The lowest BCUT2D eigenvalue weighted by molar-refractivity contribution is 0.0224. The zero-order valence-electron chi connectivity index (χ0n) is 16.3. The number of rotatable bonds is 0. The largest absolute Gasteiger partial charge is 0.508 e. The molecule has 3 aromatic rings. The Morgan fingerprint density at radius 2 is 1.34 bits per heavy atom. The van der Waals surface area contributed by atoms with Gasteiger partial charge in [0, 0.05) is 28.8 Å². The Hall–Kier alpha value is -3.47. The number of ether oxygens (including phenoxy) is 2. The second-order valence-electron chi connectivity index (χ2n) is 8.54. The minimum absolute atomic E-state index is 0.0372. The summed E-state index contributed by atoms with van der Waals surface area (Å²) < 4.78 is 12.0. The van der Waals surface area contributed by atoms with Gasteiger partial charge in [-0.25, -0.2) is 4.79 Å². The predicted molar refractivity (Wildman–Crippen MR) is 107 cm³/mol. The molecule has 2 aliphatic rings. The van der Waals surface area contributed by atoms with Gasteiger partial charge in [-0.05, 0) is 41.3 Å². The maximum Gasteiger partial charge on any atom is 0.340 e. The summed E-state index contributed by atoms with van der Waals surface area (Å²) in [5.74, 6) is 0.420. The Bertz CT molecular complexity index is 1130. The van der Waals surface area contributed by atoms with Crippen LogP contribution in [0.1, 0.15) is 53.4 Å². The molecule has 0 unspecified atom stereocenters. The molecule has 0 bridgehead atoms. The van der Waals surface area contributed by atoms with Crippen molar-refractivity contribution in [3.8, 4) is 23.0 Å². The van der Waals surface area contributed by atoms with Crippen LogP contribution in [0, 0.1) is 0 Å². The van der Waals surface area contributed by atoms with E-state index in [1.54, 1.807) is 24.3 Å². The van der Waals surface area contributed by atoms with Gasteiger partial charge in [0.15, 0.2) is 5.60 Å². The molecule has 1 spiro atoms. The van der Waals surface area contributed by atoms with Crippen LogP contribution in [0.2, 0.25) is 0 Å². The van der Waals surface area contributed by atoms with Crippen LogP contribution in [0.15, 0.2) is 54.6 Å². The first-order chi connectivity index (χ1) is 13.7. The van der Waals surface area contributed by atoms with Crippen molar-refractivity contribution in [2.24, 2.45) is 0 Å². The molecule has 0 atom stereocenters. The highest BCUT2D eigenvalue weighted by atomic mass is 16.6. The Labute approximate surface area is 168 Å². The minimum atomic E-state index is -1.20. The summed E-state index contributed by atoms with van der Waals surface area (Å²) in [5, 5.41) is 19.9. The van der Waals surface area contributed by atoms with E-state index in [-0.39, 0.29) is 16.9 Å². The lowest BCUT2D eigenvalue weighted by Gasteiger charge is -2.36. The van der Waals surface area contributed by atoms with Crippen LogP contribution in [-0.4, -0.2) is 16.2 Å². The predicted octanol–water partition coefficient (Wildman–Crippen LogP) is 4.96. The number of phenolic OH excluding ortho intramolecular Hbond substituents is 2. The Morgan fingerprint density at radius 1 is 0.793 bits per heavy atom. The van der Waals surface area contributed by atoms with Crippen LogP contribution in [0.25, 0.3) is 0 Å². The van der Waals surface area contributed by atoms with Crippen molar-refractivity contribution in [1.29, 1.82) is 0 Å². The van der Waals surface area contributed by atoms with E-state index >= 15 is 0 Å². The summed E-state index contributed by atoms with van der Waals surface area (Å²) in [4.78, 5) is 13.0. The average Bonchev–Trinajstić information content (AvgIpc) is 2.93. The van der Waals surface area contributed by atoms with Crippen LogP contribution < -0.4 is 4.74 Å². The van der Waals surface area contributed by atoms with E-state index in [9.17, 15) is 15.0 Å². The van der Waals surface area contributed by atoms with Gasteiger partial charge in [0.1, 0.15) is 23.0 Å². The maximum atomic E-state index is 13.0. The molecule has 146 valence electrons. The van der Waals surface area contributed by atoms with Crippen LogP contribution in [0.4, 0.5) is 0 Å². The smallest absolute Gasteiger partial charge is 0.340 e. The minimum Gasteiger partial charge on any atom is -0.508 e. The molecule has 5 heteroatoms. The van der Waals surface area contributed by atoms with Gasteiger partial charge in [0.05, 0.1) is 5.56 Å². The third-order valence-corrected chi connectivity index (χ3v) is 5.64. The molecular formula is C24H20O5. The molecule has 29 heavy (non-hydrogen) atoms. The molecule has 0 saturated heterocycles. The van der Waals surface area contributed by atoms with Crippen LogP contribution in [0.5, 0.6) is 23.0 Å². The van der Waals surface area contributed by atoms with Crippen LogP contribution in [-0.2, 0) is 15.8 Å². The first-order valence-electron chi connectivity index (χ1n) is 9.43. The van der Waals surface area contributed by atoms with Crippen molar-refractivity contribution < 1.29 is 24.5 Å².